The van der Waals surface area contributed by atoms with Gasteiger partial charge in [-0.25, -0.2) is 8.78 Å². The fourth-order valence-electron chi connectivity index (χ4n) is 4.66. The third-order valence-electron chi connectivity index (χ3n) is 7.31. The molecule has 0 atom stereocenters. The second-order valence-electron chi connectivity index (χ2n) is 10.5. The molecule has 3 aromatic carbocycles. The van der Waals surface area contributed by atoms with Gasteiger partial charge in [0.2, 0.25) is 11.8 Å². The van der Waals surface area contributed by atoms with E-state index in [-0.39, 0.29) is 11.4 Å². The van der Waals surface area contributed by atoms with E-state index in [0.717, 1.165) is 22.6 Å². The number of aromatic amines is 1. The fourth-order valence-corrected chi connectivity index (χ4v) is 6.73. The van der Waals surface area contributed by atoms with Gasteiger partial charge in [-0.05, 0) is 80.0 Å². The van der Waals surface area contributed by atoms with Crippen molar-refractivity contribution >= 4 is 69.4 Å². The average molecular weight is 696 g/mol. The van der Waals surface area contributed by atoms with E-state index in [1.54, 1.807) is 36.2 Å². The number of aromatic nitrogens is 3. The molecule has 0 radical (unpaired) electrons. The summed E-state index contributed by atoms with van der Waals surface area (Å²) in [5.41, 5.74) is -0.191. The Kier molecular flexibility index (Phi) is 9.66. The van der Waals surface area contributed by atoms with E-state index in [9.17, 15) is 14.0 Å². The standard InChI is InChI=1S/C32H27F2N5O5S3/c1-42-26-16-21-23(17-27(26)43-13-2-14-46-31-39-38-30(45)47-31)35-12-9-24(21)44-25-8-7-20(15-22(25)34)37-29(41)32(10-11-32)28(40)36-19-5-3-18(33)4-6-19/h3-9,12,15-17H,2,10-11,13-14H2,1H3,(H,36,40)(H,37,41)(H,38,45). The first-order valence-electron chi connectivity index (χ1n) is 14.4. The maximum atomic E-state index is 15.2. The van der Waals surface area contributed by atoms with Crippen molar-refractivity contribution in [2.24, 2.45) is 5.41 Å². The third kappa shape index (κ3) is 7.53. The third-order valence-corrected chi connectivity index (χ3v) is 9.63. The molecule has 0 bridgehead atoms. The first kappa shape index (κ1) is 32.3. The van der Waals surface area contributed by atoms with Crippen LogP contribution in [0, 0.1) is 21.0 Å². The van der Waals surface area contributed by atoms with Gasteiger partial charge in [-0.2, -0.15) is 5.10 Å². The maximum Gasteiger partial charge on any atom is 0.240 e. The molecule has 1 aliphatic rings. The second-order valence-corrected chi connectivity index (χ2v) is 13.5. The number of amides is 2. The molecule has 0 spiro atoms. The van der Waals surface area contributed by atoms with Crippen molar-refractivity contribution < 1.29 is 32.6 Å². The fraction of sp³-hybridized carbons (Fsp3) is 0.219. The Bertz CT molecular complexity index is 2000. The molecule has 1 fully saturated rings. The Labute approximate surface area is 280 Å². The summed E-state index contributed by atoms with van der Waals surface area (Å²) < 4.78 is 47.4. The number of hydrogen-bond acceptors (Lipinski definition) is 10. The number of rotatable bonds is 13. The Morgan fingerprint density at radius 3 is 2.40 bits per heavy atom. The molecule has 10 nitrogen and oxygen atoms in total. The van der Waals surface area contributed by atoms with E-state index in [1.807, 2.05) is 0 Å². The molecule has 0 unspecified atom stereocenters. The minimum atomic E-state index is -1.28. The van der Waals surface area contributed by atoms with Crippen LogP contribution in [0.5, 0.6) is 23.0 Å². The summed E-state index contributed by atoms with van der Waals surface area (Å²) in [7, 11) is 1.52. The highest BCUT2D eigenvalue weighted by Gasteiger charge is 2.56. The quantitative estimate of drug-likeness (QED) is 0.0491. The van der Waals surface area contributed by atoms with Crippen LogP contribution < -0.4 is 24.8 Å². The number of anilines is 2. The summed E-state index contributed by atoms with van der Waals surface area (Å²) in [6.07, 6.45) is 2.97. The largest absolute Gasteiger partial charge is 0.493 e. The van der Waals surface area contributed by atoms with E-state index in [0.29, 0.717) is 57.2 Å². The van der Waals surface area contributed by atoms with Crippen molar-refractivity contribution in [2.45, 2.75) is 23.6 Å². The smallest absolute Gasteiger partial charge is 0.240 e. The van der Waals surface area contributed by atoms with Crippen molar-refractivity contribution in [3.05, 3.63) is 82.4 Å². The van der Waals surface area contributed by atoms with Gasteiger partial charge in [-0.1, -0.05) is 23.1 Å². The van der Waals surface area contributed by atoms with Crippen molar-refractivity contribution in [1.29, 1.82) is 0 Å². The number of pyridine rings is 1. The van der Waals surface area contributed by atoms with E-state index in [2.05, 4.69) is 25.8 Å². The van der Waals surface area contributed by atoms with Crippen LogP contribution in [0.4, 0.5) is 20.2 Å². The number of halogens is 2. The molecule has 5 aromatic rings. The van der Waals surface area contributed by atoms with Gasteiger partial charge in [0.15, 0.2) is 31.4 Å². The highest BCUT2D eigenvalue weighted by molar-refractivity contribution is 8.01. The minimum absolute atomic E-state index is 0.0801. The first-order valence-corrected chi connectivity index (χ1v) is 16.6. The first-order chi connectivity index (χ1) is 22.7. The zero-order valence-electron chi connectivity index (χ0n) is 24.8. The van der Waals surface area contributed by atoms with Crippen molar-refractivity contribution in [1.82, 2.24) is 15.2 Å². The molecule has 6 rings (SSSR count). The van der Waals surface area contributed by atoms with Gasteiger partial charge in [0.05, 0.1) is 19.2 Å². The SMILES string of the molecule is COc1cc2c(Oc3ccc(NC(=O)C4(C(=O)Nc5ccc(F)cc5)CC4)cc3F)ccnc2cc1OCCCSc1n[nH]c(=S)s1. The van der Waals surface area contributed by atoms with Crippen molar-refractivity contribution in [3.63, 3.8) is 0 Å². The predicted molar refractivity (Wildman–Crippen MR) is 178 cm³/mol. The molecule has 2 aromatic heterocycles. The van der Waals surface area contributed by atoms with Crippen molar-refractivity contribution in [3.8, 4) is 23.0 Å². The molecular weight excluding hydrogens is 669 g/mol. The van der Waals surface area contributed by atoms with E-state index < -0.39 is 28.9 Å². The topological polar surface area (TPSA) is 127 Å². The minimum Gasteiger partial charge on any atom is -0.493 e. The Hall–Kier alpha value is -4.60. The van der Waals surface area contributed by atoms with Crippen LogP contribution in [-0.2, 0) is 9.59 Å². The lowest BCUT2D eigenvalue weighted by Gasteiger charge is -2.16. The van der Waals surface area contributed by atoms with E-state index in [4.69, 9.17) is 26.4 Å². The second kappa shape index (κ2) is 14.0. The van der Waals surface area contributed by atoms with Gasteiger partial charge < -0.3 is 24.8 Å². The molecule has 1 aliphatic carbocycles. The molecule has 242 valence electrons. The normalized spacial score (nSPS) is 13.2. The highest BCUT2D eigenvalue weighted by atomic mass is 32.2. The number of carbonyl (C=O) groups excluding carboxylic acids is 2. The summed E-state index contributed by atoms with van der Waals surface area (Å²) in [4.78, 5) is 30.3. The van der Waals surface area contributed by atoms with Gasteiger partial charge >= 0.3 is 0 Å². The highest BCUT2D eigenvalue weighted by Crippen LogP contribution is 2.47. The number of methoxy groups -OCH3 is 1. The zero-order chi connectivity index (χ0) is 33.0. The van der Waals surface area contributed by atoms with Crippen LogP contribution in [0.15, 0.2) is 71.2 Å². The van der Waals surface area contributed by atoms with Crippen molar-refractivity contribution in [2.75, 3.05) is 30.1 Å². The number of ether oxygens (including phenoxy) is 3. The number of benzene rings is 3. The number of thioether (sulfide) groups is 1. The lowest BCUT2D eigenvalue weighted by atomic mass is 10.0. The Morgan fingerprint density at radius 1 is 0.979 bits per heavy atom. The molecule has 0 saturated heterocycles. The van der Waals surface area contributed by atoms with E-state index >= 15 is 4.39 Å². The van der Waals surface area contributed by atoms with E-state index in [1.165, 1.54) is 54.8 Å². The zero-order valence-corrected chi connectivity index (χ0v) is 27.3. The molecule has 1 saturated carbocycles. The lowest BCUT2D eigenvalue weighted by Crippen LogP contribution is -2.35. The number of nitrogens with one attached hydrogen (secondary N) is 3. The summed E-state index contributed by atoms with van der Waals surface area (Å²) in [6, 6.07) is 14.3. The van der Waals surface area contributed by atoms with Gasteiger partial charge in [0.25, 0.3) is 0 Å². The number of H-pyrrole nitrogens is 1. The van der Waals surface area contributed by atoms with Crippen LogP contribution >= 0.6 is 35.3 Å². The number of fused-ring (bicyclic) bond motifs is 1. The van der Waals surface area contributed by atoms with Gasteiger partial charge in [0.1, 0.15) is 17.0 Å². The Balaban J connectivity index is 1.09. The van der Waals surface area contributed by atoms with Gasteiger partial charge in [0, 0.05) is 40.8 Å². The molecule has 3 N–H and O–H groups in total. The summed E-state index contributed by atoms with van der Waals surface area (Å²) in [5.74, 6) is -0.206. The lowest BCUT2D eigenvalue weighted by molar-refractivity contribution is -0.131. The monoisotopic (exact) mass is 695 g/mol. The number of nitrogens with zero attached hydrogens (tertiary/aromatic N) is 2. The molecule has 2 heterocycles. The number of carbonyl (C=O) groups is 2. The molecule has 15 heteroatoms. The van der Waals surface area contributed by atoms with Gasteiger partial charge in [-0.3, -0.25) is 19.7 Å². The summed E-state index contributed by atoms with van der Waals surface area (Å²) in [5, 5.41) is 12.7. The van der Waals surface area contributed by atoms with Crippen LogP contribution in [0.3, 0.4) is 0 Å². The average Bonchev–Trinajstić information content (AvgIpc) is 3.78. The van der Waals surface area contributed by atoms with Gasteiger partial charge in [-0.15, -0.1) is 0 Å². The predicted octanol–water partition coefficient (Wildman–Crippen LogP) is 7.75. The van der Waals surface area contributed by atoms with Crippen LogP contribution in [-0.4, -0.2) is 46.5 Å². The summed E-state index contributed by atoms with van der Waals surface area (Å²) in [6.45, 7) is 0.440. The molecular formula is C32H27F2N5O5S3. The number of hydrogen-bond donors (Lipinski definition) is 3. The summed E-state index contributed by atoms with van der Waals surface area (Å²) >= 11 is 8.08. The van der Waals surface area contributed by atoms with Crippen LogP contribution in [0.2, 0.25) is 0 Å². The molecule has 2 amide bonds. The molecule has 0 aliphatic heterocycles. The molecule has 47 heavy (non-hydrogen) atoms. The van der Waals surface area contributed by atoms with Crippen LogP contribution in [0.1, 0.15) is 19.3 Å². The Morgan fingerprint density at radius 2 is 1.72 bits per heavy atom. The maximum absolute atomic E-state index is 15.2. The van der Waals surface area contributed by atoms with Crippen LogP contribution in [0.25, 0.3) is 10.9 Å².